The maximum Gasteiger partial charge on any atom is 0.122 e. The van der Waals surface area contributed by atoms with E-state index in [1.807, 2.05) is 25.1 Å². The number of hydrogen-bond acceptors (Lipinski definition) is 2. The highest BCUT2D eigenvalue weighted by molar-refractivity contribution is 9.10. The van der Waals surface area contributed by atoms with Gasteiger partial charge in [0.1, 0.15) is 5.75 Å². The van der Waals surface area contributed by atoms with Gasteiger partial charge in [-0.05, 0) is 25.5 Å². The number of halogens is 1. The summed E-state index contributed by atoms with van der Waals surface area (Å²) in [5.74, 6) is 0.821. The lowest BCUT2D eigenvalue weighted by Crippen LogP contribution is -2.09. The Balaban J connectivity index is 2.77. The normalized spacial score (nSPS) is 12.5. The number of benzene rings is 1. The van der Waals surface area contributed by atoms with Crippen LogP contribution in [0.3, 0.4) is 0 Å². The molecule has 2 nitrogen and oxygen atoms in total. The standard InChI is InChI=1S/C10H14BrNO/c1-3-7(2)13-10-5-8(11)4-9(12)6-10/h4-7H,3,12H2,1-2H3. The summed E-state index contributed by atoms with van der Waals surface area (Å²) < 4.78 is 6.56. The molecule has 0 fully saturated rings. The van der Waals surface area contributed by atoms with Crippen molar-refractivity contribution >= 4 is 21.6 Å². The lowest BCUT2D eigenvalue weighted by Gasteiger charge is -2.13. The monoisotopic (exact) mass is 243 g/mol. The minimum atomic E-state index is 0.230. The van der Waals surface area contributed by atoms with E-state index in [-0.39, 0.29) is 6.10 Å². The van der Waals surface area contributed by atoms with Gasteiger partial charge in [0.25, 0.3) is 0 Å². The first-order valence-electron chi connectivity index (χ1n) is 4.34. The van der Waals surface area contributed by atoms with E-state index in [4.69, 9.17) is 10.5 Å². The third-order valence-electron chi connectivity index (χ3n) is 1.81. The second kappa shape index (κ2) is 4.51. The fourth-order valence-corrected chi connectivity index (χ4v) is 1.46. The van der Waals surface area contributed by atoms with Crippen LogP contribution in [-0.2, 0) is 0 Å². The molecule has 0 aliphatic heterocycles. The molecule has 0 heterocycles. The molecule has 13 heavy (non-hydrogen) atoms. The summed E-state index contributed by atoms with van der Waals surface area (Å²) >= 11 is 3.36. The number of hydrogen-bond donors (Lipinski definition) is 1. The molecule has 1 unspecified atom stereocenters. The van der Waals surface area contributed by atoms with Gasteiger partial charge in [0.15, 0.2) is 0 Å². The zero-order valence-electron chi connectivity index (χ0n) is 7.88. The SMILES string of the molecule is CCC(C)Oc1cc(N)cc(Br)c1. The summed E-state index contributed by atoms with van der Waals surface area (Å²) in [7, 11) is 0. The summed E-state index contributed by atoms with van der Waals surface area (Å²) in [4.78, 5) is 0. The second-order valence-corrected chi connectivity index (χ2v) is 3.97. The lowest BCUT2D eigenvalue weighted by molar-refractivity contribution is 0.217. The van der Waals surface area contributed by atoms with Gasteiger partial charge >= 0.3 is 0 Å². The third-order valence-corrected chi connectivity index (χ3v) is 2.26. The van der Waals surface area contributed by atoms with Crippen LogP contribution in [0.1, 0.15) is 20.3 Å². The largest absolute Gasteiger partial charge is 0.491 e. The minimum Gasteiger partial charge on any atom is -0.491 e. The van der Waals surface area contributed by atoms with E-state index in [9.17, 15) is 0 Å². The van der Waals surface area contributed by atoms with E-state index < -0.39 is 0 Å². The van der Waals surface area contributed by atoms with E-state index in [1.165, 1.54) is 0 Å². The van der Waals surface area contributed by atoms with Gasteiger partial charge < -0.3 is 10.5 Å². The fraction of sp³-hybridized carbons (Fsp3) is 0.400. The maximum atomic E-state index is 5.67. The van der Waals surface area contributed by atoms with Crippen molar-refractivity contribution in [3.63, 3.8) is 0 Å². The molecule has 0 spiro atoms. The molecule has 3 heteroatoms. The summed E-state index contributed by atoms with van der Waals surface area (Å²) in [5.41, 5.74) is 6.38. The zero-order valence-corrected chi connectivity index (χ0v) is 9.47. The van der Waals surface area contributed by atoms with Crippen LogP contribution in [0.25, 0.3) is 0 Å². The highest BCUT2D eigenvalue weighted by Crippen LogP contribution is 2.23. The predicted molar refractivity (Wildman–Crippen MR) is 58.9 cm³/mol. The number of nitrogens with two attached hydrogens (primary N) is 1. The summed E-state index contributed by atoms with van der Waals surface area (Å²) in [5, 5.41) is 0. The van der Waals surface area contributed by atoms with Crippen molar-refractivity contribution in [3.8, 4) is 5.75 Å². The Morgan fingerprint density at radius 3 is 2.69 bits per heavy atom. The van der Waals surface area contributed by atoms with Crippen molar-refractivity contribution in [2.45, 2.75) is 26.4 Å². The Bertz CT molecular complexity index is 268. The lowest BCUT2D eigenvalue weighted by atomic mass is 10.3. The van der Waals surface area contributed by atoms with Crippen LogP contribution in [0.4, 0.5) is 5.69 Å². The molecule has 0 amide bonds. The van der Waals surface area contributed by atoms with Crippen LogP contribution in [0.2, 0.25) is 0 Å². The molecule has 0 aliphatic carbocycles. The fourth-order valence-electron chi connectivity index (χ4n) is 0.968. The van der Waals surface area contributed by atoms with Crippen LogP contribution in [0, 0.1) is 0 Å². The van der Waals surface area contributed by atoms with Gasteiger partial charge in [-0.3, -0.25) is 0 Å². The Morgan fingerprint density at radius 2 is 2.15 bits per heavy atom. The Kier molecular flexibility index (Phi) is 3.60. The smallest absolute Gasteiger partial charge is 0.122 e. The second-order valence-electron chi connectivity index (χ2n) is 3.06. The molecule has 0 bridgehead atoms. The Hall–Kier alpha value is -0.700. The number of ether oxygens (including phenoxy) is 1. The highest BCUT2D eigenvalue weighted by atomic mass is 79.9. The van der Waals surface area contributed by atoms with Crippen molar-refractivity contribution in [2.75, 3.05) is 5.73 Å². The van der Waals surface area contributed by atoms with Gasteiger partial charge in [0.05, 0.1) is 6.10 Å². The topological polar surface area (TPSA) is 35.2 Å². The first kappa shape index (κ1) is 10.4. The van der Waals surface area contributed by atoms with E-state index in [0.717, 1.165) is 16.6 Å². The van der Waals surface area contributed by atoms with Crippen LogP contribution >= 0.6 is 15.9 Å². The van der Waals surface area contributed by atoms with Crippen molar-refractivity contribution in [1.82, 2.24) is 0 Å². The molecule has 72 valence electrons. The Morgan fingerprint density at radius 1 is 1.46 bits per heavy atom. The molecule has 1 rings (SSSR count). The van der Waals surface area contributed by atoms with E-state index in [2.05, 4.69) is 22.9 Å². The van der Waals surface area contributed by atoms with Crippen LogP contribution < -0.4 is 10.5 Å². The van der Waals surface area contributed by atoms with E-state index in [0.29, 0.717) is 5.69 Å². The van der Waals surface area contributed by atoms with Crippen LogP contribution in [0.5, 0.6) is 5.75 Å². The first-order valence-corrected chi connectivity index (χ1v) is 5.14. The van der Waals surface area contributed by atoms with Gasteiger partial charge in [0.2, 0.25) is 0 Å². The van der Waals surface area contributed by atoms with Gasteiger partial charge in [-0.2, -0.15) is 0 Å². The summed E-state index contributed by atoms with van der Waals surface area (Å²) in [6.07, 6.45) is 1.22. The quantitative estimate of drug-likeness (QED) is 0.828. The molecule has 1 aromatic carbocycles. The molecule has 0 aliphatic rings. The van der Waals surface area contributed by atoms with Crippen molar-refractivity contribution in [2.24, 2.45) is 0 Å². The number of anilines is 1. The molecule has 1 atom stereocenters. The summed E-state index contributed by atoms with van der Waals surface area (Å²) in [6, 6.07) is 5.60. The van der Waals surface area contributed by atoms with Crippen LogP contribution in [-0.4, -0.2) is 6.10 Å². The van der Waals surface area contributed by atoms with Crippen molar-refractivity contribution in [3.05, 3.63) is 22.7 Å². The number of rotatable bonds is 3. The van der Waals surface area contributed by atoms with E-state index in [1.54, 1.807) is 0 Å². The average molecular weight is 244 g/mol. The van der Waals surface area contributed by atoms with Gasteiger partial charge in [-0.1, -0.05) is 22.9 Å². The van der Waals surface area contributed by atoms with Gasteiger partial charge in [-0.15, -0.1) is 0 Å². The molecule has 0 radical (unpaired) electrons. The molecule has 0 aromatic heterocycles. The van der Waals surface area contributed by atoms with Crippen molar-refractivity contribution in [1.29, 1.82) is 0 Å². The van der Waals surface area contributed by atoms with Crippen molar-refractivity contribution < 1.29 is 4.74 Å². The highest BCUT2D eigenvalue weighted by Gasteiger charge is 2.02. The average Bonchev–Trinajstić information content (AvgIpc) is 2.02. The van der Waals surface area contributed by atoms with Crippen LogP contribution in [0.15, 0.2) is 22.7 Å². The molecule has 0 saturated carbocycles. The van der Waals surface area contributed by atoms with E-state index >= 15 is 0 Å². The van der Waals surface area contributed by atoms with Gasteiger partial charge in [0, 0.05) is 16.2 Å². The first-order chi connectivity index (χ1) is 6.11. The molecular formula is C10H14BrNO. The predicted octanol–water partition coefficient (Wildman–Crippen LogP) is 3.21. The molecule has 2 N–H and O–H groups in total. The Labute approximate surface area is 87.2 Å². The summed E-state index contributed by atoms with van der Waals surface area (Å²) in [6.45, 7) is 4.13. The molecule has 0 saturated heterocycles. The number of nitrogen functional groups attached to an aromatic ring is 1. The third kappa shape index (κ3) is 3.27. The zero-order chi connectivity index (χ0) is 9.84. The molecule has 1 aromatic rings. The molecular weight excluding hydrogens is 230 g/mol. The maximum absolute atomic E-state index is 5.67. The minimum absolute atomic E-state index is 0.230. The van der Waals surface area contributed by atoms with Gasteiger partial charge in [-0.25, -0.2) is 0 Å².